The molecule has 0 heterocycles. The second-order valence-corrected chi connectivity index (χ2v) is 9.69. The first-order valence-electron chi connectivity index (χ1n) is 8.65. The van der Waals surface area contributed by atoms with E-state index in [4.69, 9.17) is 5.73 Å². The van der Waals surface area contributed by atoms with E-state index in [1.807, 2.05) is 0 Å². The standard InChI is InChI=1S/C18H31N/c1-16-6-13-7-17(2,10-16)12-18(8-13,11-16)9-15(19)14-4-3-5-14/h13-15H,3-12,19H2,1-2H3. The molecule has 4 bridgehead atoms. The SMILES string of the molecule is CC12CC3CC(C)(C1)CC(CC(N)C1CCC1)(C3)C2. The molecule has 5 saturated carbocycles. The van der Waals surface area contributed by atoms with Gasteiger partial charge < -0.3 is 5.73 Å². The summed E-state index contributed by atoms with van der Waals surface area (Å²) in [7, 11) is 0. The largest absolute Gasteiger partial charge is 0.327 e. The van der Waals surface area contributed by atoms with Gasteiger partial charge in [0.2, 0.25) is 0 Å². The molecular formula is C18H31N. The number of rotatable bonds is 3. The summed E-state index contributed by atoms with van der Waals surface area (Å²) in [6.07, 6.45) is 14.6. The summed E-state index contributed by atoms with van der Waals surface area (Å²) >= 11 is 0. The molecule has 0 aromatic heterocycles. The Morgan fingerprint density at radius 3 is 2.11 bits per heavy atom. The van der Waals surface area contributed by atoms with Crippen LogP contribution in [0.5, 0.6) is 0 Å². The summed E-state index contributed by atoms with van der Waals surface area (Å²) in [6, 6.07) is 0.511. The van der Waals surface area contributed by atoms with Gasteiger partial charge in [0, 0.05) is 6.04 Å². The van der Waals surface area contributed by atoms with Gasteiger partial charge in [0.1, 0.15) is 0 Å². The van der Waals surface area contributed by atoms with Gasteiger partial charge in [-0.1, -0.05) is 20.3 Å². The first-order chi connectivity index (χ1) is 8.90. The molecular weight excluding hydrogens is 230 g/mol. The zero-order valence-electron chi connectivity index (χ0n) is 12.9. The Morgan fingerprint density at radius 1 is 1.00 bits per heavy atom. The van der Waals surface area contributed by atoms with Crippen LogP contribution < -0.4 is 5.73 Å². The minimum Gasteiger partial charge on any atom is -0.327 e. The fourth-order valence-corrected chi connectivity index (χ4v) is 7.45. The van der Waals surface area contributed by atoms with Crippen LogP contribution in [-0.4, -0.2) is 6.04 Å². The van der Waals surface area contributed by atoms with Gasteiger partial charge in [-0.25, -0.2) is 0 Å². The lowest BCUT2D eigenvalue weighted by atomic mass is 9.39. The summed E-state index contributed by atoms with van der Waals surface area (Å²) in [5.41, 5.74) is 8.54. The fourth-order valence-electron chi connectivity index (χ4n) is 7.45. The second-order valence-electron chi connectivity index (χ2n) is 9.69. The predicted molar refractivity (Wildman–Crippen MR) is 79.8 cm³/mol. The molecule has 5 rings (SSSR count). The maximum Gasteiger partial charge on any atom is 0.00724 e. The maximum atomic E-state index is 6.59. The molecule has 0 amide bonds. The summed E-state index contributed by atoms with van der Waals surface area (Å²) < 4.78 is 0. The number of nitrogens with two attached hydrogens (primary N) is 1. The summed E-state index contributed by atoms with van der Waals surface area (Å²) in [4.78, 5) is 0. The molecule has 1 nitrogen and oxygen atoms in total. The molecule has 3 unspecified atom stereocenters. The third-order valence-electron chi connectivity index (χ3n) is 7.17. The van der Waals surface area contributed by atoms with Crippen molar-refractivity contribution in [3.63, 3.8) is 0 Å². The monoisotopic (exact) mass is 261 g/mol. The summed E-state index contributed by atoms with van der Waals surface area (Å²) in [5.74, 6) is 1.90. The van der Waals surface area contributed by atoms with E-state index in [0.29, 0.717) is 22.3 Å². The summed E-state index contributed by atoms with van der Waals surface area (Å²) in [6.45, 7) is 5.17. The highest BCUT2D eigenvalue weighted by Gasteiger charge is 2.60. The van der Waals surface area contributed by atoms with Gasteiger partial charge in [-0.2, -0.15) is 0 Å². The van der Waals surface area contributed by atoms with Crippen molar-refractivity contribution in [2.75, 3.05) is 0 Å². The first kappa shape index (κ1) is 12.7. The van der Waals surface area contributed by atoms with E-state index in [9.17, 15) is 0 Å². The second kappa shape index (κ2) is 3.78. The Kier molecular flexibility index (Phi) is 2.52. The van der Waals surface area contributed by atoms with E-state index in [-0.39, 0.29) is 0 Å². The van der Waals surface area contributed by atoms with Crippen molar-refractivity contribution in [2.24, 2.45) is 33.8 Å². The van der Waals surface area contributed by atoms with Crippen LogP contribution >= 0.6 is 0 Å². The van der Waals surface area contributed by atoms with Crippen molar-refractivity contribution in [1.29, 1.82) is 0 Å². The topological polar surface area (TPSA) is 26.0 Å². The van der Waals surface area contributed by atoms with E-state index in [1.54, 1.807) is 0 Å². The van der Waals surface area contributed by atoms with Crippen LogP contribution in [0.3, 0.4) is 0 Å². The van der Waals surface area contributed by atoms with Crippen LogP contribution in [0.25, 0.3) is 0 Å². The highest BCUT2D eigenvalue weighted by molar-refractivity contribution is 5.11. The van der Waals surface area contributed by atoms with E-state index in [2.05, 4.69) is 13.8 Å². The third kappa shape index (κ3) is 1.99. The van der Waals surface area contributed by atoms with E-state index >= 15 is 0 Å². The van der Waals surface area contributed by atoms with Crippen molar-refractivity contribution in [1.82, 2.24) is 0 Å². The third-order valence-corrected chi connectivity index (χ3v) is 7.17. The molecule has 0 radical (unpaired) electrons. The quantitative estimate of drug-likeness (QED) is 0.795. The van der Waals surface area contributed by atoms with Crippen molar-refractivity contribution in [3.8, 4) is 0 Å². The molecule has 19 heavy (non-hydrogen) atoms. The minimum absolute atomic E-state index is 0.511. The fraction of sp³-hybridized carbons (Fsp3) is 1.00. The Bertz CT molecular complexity index is 365. The molecule has 5 aliphatic carbocycles. The lowest BCUT2D eigenvalue weighted by molar-refractivity contribution is -0.151. The molecule has 1 heteroatoms. The molecule has 0 spiro atoms. The van der Waals surface area contributed by atoms with Crippen molar-refractivity contribution >= 4 is 0 Å². The highest BCUT2D eigenvalue weighted by Crippen LogP contribution is 2.70. The van der Waals surface area contributed by atoms with Gasteiger partial charge in [0.25, 0.3) is 0 Å². The van der Waals surface area contributed by atoms with Gasteiger partial charge >= 0.3 is 0 Å². The van der Waals surface area contributed by atoms with Gasteiger partial charge in [-0.3, -0.25) is 0 Å². The molecule has 3 atom stereocenters. The van der Waals surface area contributed by atoms with E-state index < -0.39 is 0 Å². The normalized spacial score (nSPS) is 54.2. The van der Waals surface area contributed by atoms with Crippen LogP contribution in [0.4, 0.5) is 0 Å². The van der Waals surface area contributed by atoms with Crippen molar-refractivity contribution in [2.45, 2.75) is 84.1 Å². The van der Waals surface area contributed by atoms with Crippen molar-refractivity contribution in [3.05, 3.63) is 0 Å². The van der Waals surface area contributed by atoms with Gasteiger partial charge in [-0.05, 0) is 85.9 Å². The van der Waals surface area contributed by atoms with Crippen LogP contribution in [0.1, 0.15) is 78.1 Å². The average molecular weight is 261 g/mol. The smallest absolute Gasteiger partial charge is 0.00724 e. The zero-order valence-corrected chi connectivity index (χ0v) is 12.9. The molecule has 0 saturated heterocycles. The van der Waals surface area contributed by atoms with Gasteiger partial charge in [0.05, 0.1) is 0 Å². The Hall–Kier alpha value is -0.0400. The molecule has 0 aromatic rings. The maximum absolute atomic E-state index is 6.59. The zero-order chi connectivity index (χ0) is 13.3. The van der Waals surface area contributed by atoms with Crippen molar-refractivity contribution < 1.29 is 0 Å². The molecule has 2 N–H and O–H groups in total. The van der Waals surface area contributed by atoms with Gasteiger partial charge in [0.15, 0.2) is 0 Å². The first-order valence-corrected chi connectivity index (χ1v) is 8.65. The predicted octanol–water partition coefficient (Wildman–Crippen LogP) is 4.50. The minimum atomic E-state index is 0.511. The Labute approximate surface area is 118 Å². The lowest BCUT2D eigenvalue weighted by Gasteiger charge is -2.66. The van der Waals surface area contributed by atoms with E-state index in [0.717, 1.165) is 11.8 Å². The van der Waals surface area contributed by atoms with Gasteiger partial charge in [-0.15, -0.1) is 0 Å². The number of hydrogen-bond acceptors (Lipinski definition) is 1. The highest BCUT2D eigenvalue weighted by atomic mass is 14.7. The van der Waals surface area contributed by atoms with Crippen LogP contribution in [0, 0.1) is 28.1 Å². The molecule has 0 aliphatic heterocycles. The molecule has 5 aliphatic rings. The van der Waals surface area contributed by atoms with Crippen LogP contribution in [0.15, 0.2) is 0 Å². The average Bonchev–Trinajstić information content (AvgIpc) is 2.05. The molecule has 0 aromatic carbocycles. The summed E-state index contributed by atoms with van der Waals surface area (Å²) in [5, 5.41) is 0. The van der Waals surface area contributed by atoms with Crippen LogP contribution in [-0.2, 0) is 0 Å². The Morgan fingerprint density at radius 2 is 1.63 bits per heavy atom. The number of hydrogen-bond donors (Lipinski definition) is 1. The molecule has 108 valence electrons. The Balaban J connectivity index is 1.56. The van der Waals surface area contributed by atoms with Crippen LogP contribution in [0.2, 0.25) is 0 Å². The van der Waals surface area contributed by atoms with E-state index in [1.165, 1.54) is 64.2 Å². The lowest BCUT2D eigenvalue weighted by Crippen LogP contribution is -2.56. The molecule has 5 fully saturated rings.